The number of benzene rings is 1. The molecule has 4 rings (SSSR count). The minimum atomic E-state index is -0.661. The second-order valence-electron chi connectivity index (χ2n) is 6.09. The number of pyridine rings is 1. The molecular formula is C17H17N5O3. The van der Waals surface area contributed by atoms with E-state index in [0.717, 1.165) is 0 Å². The highest BCUT2D eigenvalue weighted by molar-refractivity contribution is 6.05. The number of carbonyl (C=O) groups is 1. The van der Waals surface area contributed by atoms with Crippen LogP contribution in [0.15, 0.2) is 30.5 Å². The molecule has 8 nitrogen and oxygen atoms in total. The van der Waals surface area contributed by atoms with Gasteiger partial charge in [-0.05, 0) is 18.2 Å². The molecule has 2 aromatic heterocycles. The number of hydrogen-bond donors (Lipinski definition) is 1. The van der Waals surface area contributed by atoms with Crippen LogP contribution in [0.1, 0.15) is 30.6 Å². The molecule has 3 aromatic rings. The molecule has 0 bridgehead atoms. The van der Waals surface area contributed by atoms with Crippen molar-refractivity contribution in [3.05, 3.63) is 36.0 Å². The number of fused-ring (bicyclic) bond motifs is 2. The number of hydrogen-bond acceptors (Lipinski definition) is 6. The molecule has 1 atom stereocenters. The number of nitrogens with one attached hydrogen (secondary N) is 1. The van der Waals surface area contributed by atoms with Crippen molar-refractivity contribution < 1.29 is 14.3 Å². The van der Waals surface area contributed by atoms with Gasteiger partial charge in [-0.2, -0.15) is 0 Å². The molecule has 0 fully saturated rings. The van der Waals surface area contributed by atoms with Gasteiger partial charge in [0.1, 0.15) is 5.52 Å². The predicted molar refractivity (Wildman–Crippen MR) is 90.7 cm³/mol. The lowest BCUT2D eigenvalue weighted by atomic mass is 10.2. The third-order valence-electron chi connectivity index (χ3n) is 4.20. The van der Waals surface area contributed by atoms with Crippen molar-refractivity contribution in [3.8, 4) is 11.5 Å². The molecule has 25 heavy (non-hydrogen) atoms. The molecule has 0 saturated heterocycles. The molecule has 1 aliphatic heterocycles. The fourth-order valence-electron chi connectivity index (χ4n) is 2.63. The lowest BCUT2D eigenvalue weighted by Gasteiger charge is -2.20. The summed E-state index contributed by atoms with van der Waals surface area (Å²) in [5.41, 5.74) is 2.22. The Labute approximate surface area is 143 Å². The summed E-state index contributed by atoms with van der Waals surface area (Å²) in [6.07, 6.45) is 2.22. The summed E-state index contributed by atoms with van der Waals surface area (Å²) in [6, 6.07) is 6.97. The Hall–Kier alpha value is -3.16. The lowest BCUT2D eigenvalue weighted by Crippen LogP contribution is -2.33. The molecule has 3 heterocycles. The second-order valence-corrected chi connectivity index (χ2v) is 6.09. The summed E-state index contributed by atoms with van der Waals surface area (Å²) in [4.78, 5) is 16.7. The fraction of sp³-hybridized carbons (Fsp3) is 0.294. The van der Waals surface area contributed by atoms with Crippen molar-refractivity contribution in [2.24, 2.45) is 7.05 Å². The van der Waals surface area contributed by atoms with Crippen LogP contribution < -0.4 is 14.8 Å². The van der Waals surface area contributed by atoms with Crippen molar-refractivity contribution in [1.29, 1.82) is 0 Å². The Bertz CT molecular complexity index is 984. The molecular weight excluding hydrogens is 322 g/mol. The second kappa shape index (κ2) is 5.44. The maximum absolute atomic E-state index is 12.5. The number of aromatic nitrogens is 4. The normalized spacial score (nSPS) is 18.5. The fourth-order valence-corrected chi connectivity index (χ4v) is 2.63. The molecule has 1 amide bonds. The number of aryl methyl sites for hydroxylation is 1. The smallest absolute Gasteiger partial charge is 0.257 e. The van der Waals surface area contributed by atoms with Gasteiger partial charge in [0.05, 0.1) is 5.56 Å². The van der Waals surface area contributed by atoms with Gasteiger partial charge in [-0.15, -0.1) is 5.10 Å². The number of amides is 1. The Morgan fingerprint density at radius 3 is 2.88 bits per heavy atom. The lowest BCUT2D eigenvalue weighted by molar-refractivity contribution is -0.0640. The van der Waals surface area contributed by atoms with E-state index in [1.807, 2.05) is 13.8 Å². The topological polar surface area (TPSA) is 91.2 Å². The van der Waals surface area contributed by atoms with E-state index < -0.39 is 5.79 Å². The Balaban J connectivity index is 1.56. The van der Waals surface area contributed by atoms with Crippen LogP contribution in [0.25, 0.3) is 11.2 Å². The molecule has 0 saturated carbocycles. The summed E-state index contributed by atoms with van der Waals surface area (Å²) in [7, 11) is 1.75. The van der Waals surface area contributed by atoms with Crippen molar-refractivity contribution >= 4 is 22.8 Å². The summed E-state index contributed by atoms with van der Waals surface area (Å²) in [5.74, 6) is 0.346. The van der Waals surface area contributed by atoms with Gasteiger partial charge in [-0.1, -0.05) is 12.1 Å². The van der Waals surface area contributed by atoms with Crippen LogP contribution in [0.2, 0.25) is 0 Å². The van der Waals surface area contributed by atoms with Crippen molar-refractivity contribution in [2.45, 2.75) is 26.1 Å². The molecule has 128 valence electrons. The van der Waals surface area contributed by atoms with Crippen LogP contribution in [-0.4, -0.2) is 31.7 Å². The number of carbonyl (C=O) groups excluding carboxylic acids is 1. The van der Waals surface area contributed by atoms with E-state index in [0.29, 0.717) is 40.3 Å². The van der Waals surface area contributed by atoms with E-state index in [-0.39, 0.29) is 5.91 Å². The third kappa shape index (κ3) is 2.65. The molecule has 0 aliphatic carbocycles. The van der Waals surface area contributed by atoms with Gasteiger partial charge < -0.3 is 14.8 Å². The monoisotopic (exact) mass is 339 g/mol. The highest BCUT2D eigenvalue weighted by atomic mass is 16.7. The first kappa shape index (κ1) is 15.4. The summed E-state index contributed by atoms with van der Waals surface area (Å²) < 4.78 is 13.2. The largest absolute Gasteiger partial charge is 0.449 e. The standard InChI is InChI=1S/C17H17N5O3/c1-4-17(2)24-13-6-5-11(8-14(13)25-17)19-16(23)10-7-12-15(18-9-10)22(3)21-20-12/h5-9H,4H2,1-3H3,(H,19,23). The van der Waals surface area contributed by atoms with E-state index >= 15 is 0 Å². The van der Waals surface area contributed by atoms with Crippen LogP contribution in [0, 0.1) is 0 Å². The van der Waals surface area contributed by atoms with Gasteiger partial charge in [0, 0.05) is 38.3 Å². The highest BCUT2D eigenvalue weighted by Gasteiger charge is 2.35. The molecule has 1 unspecified atom stereocenters. The minimum absolute atomic E-state index is 0.280. The zero-order valence-corrected chi connectivity index (χ0v) is 14.1. The first-order valence-corrected chi connectivity index (χ1v) is 7.96. The summed E-state index contributed by atoms with van der Waals surface area (Å²) in [6.45, 7) is 3.87. The molecule has 1 aliphatic rings. The SMILES string of the molecule is CCC1(C)Oc2ccc(NC(=O)c3cnc4c(c3)nnn4C)cc2O1. The zero-order chi connectivity index (χ0) is 17.6. The van der Waals surface area contributed by atoms with E-state index in [2.05, 4.69) is 20.6 Å². The van der Waals surface area contributed by atoms with E-state index in [4.69, 9.17) is 9.47 Å². The highest BCUT2D eigenvalue weighted by Crippen LogP contribution is 2.42. The maximum atomic E-state index is 12.5. The number of rotatable bonds is 3. The minimum Gasteiger partial charge on any atom is -0.449 e. The predicted octanol–water partition coefficient (Wildman–Crippen LogP) is 2.51. The van der Waals surface area contributed by atoms with Gasteiger partial charge in [-0.3, -0.25) is 4.79 Å². The van der Waals surface area contributed by atoms with Gasteiger partial charge >= 0.3 is 0 Å². The van der Waals surface area contributed by atoms with Crippen molar-refractivity contribution in [2.75, 3.05) is 5.32 Å². The van der Waals surface area contributed by atoms with Gasteiger partial charge in [-0.25, -0.2) is 9.67 Å². The van der Waals surface area contributed by atoms with E-state index in [1.165, 1.54) is 6.20 Å². The Morgan fingerprint density at radius 1 is 1.28 bits per heavy atom. The summed E-state index contributed by atoms with van der Waals surface area (Å²) >= 11 is 0. The molecule has 1 N–H and O–H groups in total. The van der Waals surface area contributed by atoms with Crippen LogP contribution >= 0.6 is 0 Å². The zero-order valence-electron chi connectivity index (χ0n) is 14.1. The summed E-state index contributed by atoms with van der Waals surface area (Å²) in [5, 5.41) is 10.7. The number of nitrogens with zero attached hydrogens (tertiary/aromatic N) is 4. The molecule has 0 spiro atoms. The first-order chi connectivity index (χ1) is 12.0. The molecule has 1 aromatic carbocycles. The average Bonchev–Trinajstić information content (AvgIpc) is 3.14. The maximum Gasteiger partial charge on any atom is 0.257 e. The Kier molecular flexibility index (Phi) is 3.34. The first-order valence-electron chi connectivity index (χ1n) is 7.96. The third-order valence-corrected chi connectivity index (χ3v) is 4.20. The van der Waals surface area contributed by atoms with Crippen molar-refractivity contribution in [1.82, 2.24) is 20.0 Å². The van der Waals surface area contributed by atoms with Crippen molar-refractivity contribution in [3.63, 3.8) is 0 Å². The van der Waals surface area contributed by atoms with Crippen LogP contribution in [0.5, 0.6) is 11.5 Å². The molecule has 0 radical (unpaired) electrons. The number of anilines is 1. The quantitative estimate of drug-likeness (QED) is 0.788. The van der Waals surface area contributed by atoms with Gasteiger partial charge in [0.15, 0.2) is 17.1 Å². The number of ether oxygens (including phenoxy) is 2. The molecule has 8 heteroatoms. The van der Waals surface area contributed by atoms with Crippen LogP contribution in [0.4, 0.5) is 5.69 Å². The van der Waals surface area contributed by atoms with Crippen LogP contribution in [0.3, 0.4) is 0 Å². The van der Waals surface area contributed by atoms with Gasteiger partial charge in [0.25, 0.3) is 5.91 Å². The van der Waals surface area contributed by atoms with Crippen LogP contribution in [-0.2, 0) is 7.05 Å². The van der Waals surface area contributed by atoms with Gasteiger partial charge in [0.2, 0.25) is 5.79 Å². The Morgan fingerprint density at radius 2 is 2.08 bits per heavy atom. The van der Waals surface area contributed by atoms with E-state index in [1.54, 1.807) is 36.0 Å². The average molecular weight is 339 g/mol. The van der Waals surface area contributed by atoms with E-state index in [9.17, 15) is 4.79 Å².